The normalized spacial score (nSPS) is 21.6. The molecule has 1 saturated carbocycles. The zero-order valence-corrected chi connectivity index (χ0v) is 28.0. The van der Waals surface area contributed by atoms with Crippen LogP contribution in [-0.2, 0) is 26.2 Å². The van der Waals surface area contributed by atoms with E-state index in [1.165, 1.54) is 7.11 Å². The van der Waals surface area contributed by atoms with Gasteiger partial charge in [0, 0.05) is 32.2 Å². The molecule has 2 aromatic carbocycles. The highest BCUT2D eigenvalue weighted by molar-refractivity contribution is 7.92. The molecule has 0 bridgehead atoms. The van der Waals surface area contributed by atoms with E-state index in [2.05, 4.69) is 21.9 Å². The molecule has 2 heterocycles. The second kappa shape index (κ2) is 14.6. The molecule has 5 rings (SSSR count). The van der Waals surface area contributed by atoms with E-state index in [1.807, 2.05) is 29.2 Å². The van der Waals surface area contributed by atoms with Crippen molar-refractivity contribution in [2.45, 2.75) is 88.9 Å². The number of rotatable bonds is 12. The molecule has 11 nitrogen and oxygen atoms in total. The number of carbonyl (C=O) groups is 2. The smallest absolute Gasteiger partial charge is 0.248 e. The number of hydrogen-bond donors (Lipinski definition) is 3. The Labute approximate surface area is 272 Å². The predicted octanol–water partition coefficient (Wildman–Crippen LogP) is 4.26. The van der Waals surface area contributed by atoms with Crippen molar-refractivity contribution in [3.63, 3.8) is 0 Å². The van der Waals surface area contributed by atoms with Gasteiger partial charge >= 0.3 is 0 Å². The van der Waals surface area contributed by atoms with Crippen LogP contribution in [0.1, 0.15) is 70.3 Å². The van der Waals surface area contributed by atoms with Crippen LogP contribution < -0.4 is 19.5 Å². The Bertz CT molecular complexity index is 1470. The first-order chi connectivity index (χ1) is 22.0. The number of methoxy groups -OCH3 is 1. The van der Waals surface area contributed by atoms with Crippen LogP contribution in [0.4, 0.5) is 5.69 Å². The summed E-state index contributed by atoms with van der Waals surface area (Å²) in [4.78, 5) is 31.8. The van der Waals surface area contributed by atoms with Gasteiger partial charge in [0.25, 0.3) is 0 Å². The lowest BCUT2D eigenvalue weighted by Gasteiger charge is -2.52. The lowest BCUT2D eigenvalue weighted by atomic mass is 9.78. The zero-order chi connectivity index (χ0) is 32.9. The van der Waals surface area contributed by atoms with Gasteiger partial charge in [0.05, 0.1) is 25.2 Å². The van der Waals surface area contributed by atoms with Gasteiger partial charge in [0.15, 0.2) is 11.5 Å². The number of amides is 2. The SMILES string of the molecule is CCCCN1C(=O)[C@@H](C(O)C2CCCCC2)NC(=O)C12CCN(Cc1ccc(Oc3ccc(NS(C)(=O)=O)cc3OC)cc1)CC2. The number of sulfonamides is 1. The number of unbranched alkanes of at least 4 members (excludes halogenated alkanes) is 1. The molecular formula is C34H48N4O7S. The quantitative estimate of drug-likeness (QED) is 0.308. The Balaban J connectivity index is 1.20. The first-order valence-corrected chi connectivity index (χ1v) is 18.4. The maximum atomic E-state index is 13.9. The topological polar surface area (TPSA) is 138 Å². The lowest BCUT2D eigenvalue weighted by molar-refractivity contribution is -0.166. The standard InChI is InChI=1S/C34H48N4O7S/c1-4-5-19-38-32(40)30(31(39)25-9-7-6-8-10-25)35-33(41)34(38)17-20-37(21-18-34)23-24-11-14-27(15-12-24)45-28-16-13-26(22-29(28)44-2)36-46(3,42)43/h11-16,22,25,30-31,36,39H,4-10,17-21,23H2,1-3H3,(H,35,41)/t30-,31?/m1/s1. The molecule has 2 amide bonds. The highest BCUT2D eigenvalue weighted by Crippen LogP contribution is 2.37. The minimum Gasteiger partial charge on any atom is -0.493 e. The van der Waals surface area contributed by atoms with E-state index in [0.717, 1.165) is 56.8 Å². The van der Waals surface area contributed by atoms with Gasteiger partial charge in [-0.05, 0) is 67.9 Å². The molecule has 0 aromatic heterocycles. The van der Waals surface area contributed by atoms with Crippen molar-refractivity contribution >= 4 is 27.5 Å². The van der Waals surface area contributed by atoms with E-state index in [1.54, 1.807) is 18.2 Å². The first-order valence-electron chi connectivity index (χ1n) is 16.5. The van der Waals surface area contributed by atoms with Crippen molar-refractivity contribution in [3.05, 3.63) is 48.0 Å². The fourth-order valence-electron chi connectivity index (χ4n) is 7.11. The molecule has 3 aliphatic rings. The number of piperazine rings is 1. The molecule has 12 heteroatoms. The monoisotopic (exact) mass is 656 g/mol. The molecule has 2 aromatic rings. The number of aliphatic hydroxyl groups is 1. The molecule has 252 valence electrons. The van der Waals surface area contributed by atoms with Gasteiger partial charge in [0.1, 0.15) is 17.3 Å². The molecule has 2 aliphatic heterocycles. The van der Waals surface area contributed by atoms with Crippen molar-refractivity contribution in [1.29, 1.82) is 0 Å². The maximum Gasteiger partial charge on any atom is 0.248 e. The van der Waals surface area contributed by atoms with E-state index < -0.39 is 27.7 Å². The van der Waals surface area contributed by atoms with Gasteiger partial charge in [-0.25, -0.2) is 8.42 Å². The van der Waals surface area contributed by atoms with Crippen LogP contribution in [0.5, 0.6) is 17.2 Å². The third-order valence-corrected chi connectivity index (χ3v) is 10.3. The van der Waals surface area contributed by atoms with Gasteiger partial charge in [-0.3, -0.25) is 19.2 Å². The van der Waals surface area contributed by atoms with Crippen molar-refractivity contribution in [3.8, 4) is 17.2 Å². The summed E-state index contributed by atoms with van der Waals surface area (Å²) in [5, 5.41) is 14.2. The van der Waals surface area contributed by atoms with Gasteiger partial charge < -0.3 is 24.8 Å². The first kappa shape index (κ1) is 34.0. The van der Waals surface area contributed by atoms with Gasteiger partial charge in [-0.2, -0.15) is 0 Å². The van der Waals surface area contributed by atoms with Crippen LogP contribution in [0.2, 0.25) is 0 Å². The second-order valence-electron chi connectivity index (χ2n) is 13.0. The van der Waals surface area contributed by atoms with Crippen LogP contribution in [0.3, 0.4) is 0 Å². The maximum absolute atomic E-state index is 13.9. The number of carbonyl (C=O) groups excluding carboxylic acids is 2. The number of ether oxygens (including phenoxy) is 2. The Morgan fingerprint density at radius 2 is 1.74 bits per heavy atom. The molecule has 1 aliphatic carbocycles. The number of likely N-dealkylation sites (tertiary alicyclic amines) is 1. The Hall–Kier alpha value is -3.35. The minimum atomic E-state index is -3.42. The molecule has 0 radical (unpaired) electrons. The number of nitrogens with one attached hydrogen (secondary N) is 2. The summed E-state index contributed by atoms with van der Waals surface area (Å²) in [6, 6.07) is 11.7. The third kappa shape index (κ3) is 7.78. The number of anilines is 1. The molecule has 3 N–H and O–H groups in total. The number of benzene rings is 2. The van der Waals surface area contributed by atoms with E-state index in [9.17, 15) is 23.1 Å². The van der Waals surface area contributed by atoms with Crippen LogP contribution in [0, 0.1) is 5.92 Å². The summed E-state index contributed by atoms with van der Waals surface area (Å²) in [6.07, 6.45) is 8.14. The van der Waals surface area contributed by atoms with Gasteiger partial charge in [-0.1, -0.05) is 44.7 Å². The lowest BCUT2D eigenvalue weighted by Crippen LogP contribution is -2.75. The van der Waals surface area contributed by atoms with Crippen molar-refractivity contribution in [2.75, 3.05) is 37.7 Å². The van der Waals surface area contributed by atoms with E-state index >= 15 is 0 Å². The molecule has 2 atom stereocenters. The van der Waals surface area contributed by atoms with Gasteiger partial charge in [0.2, 0.25) is 21.8 Å². The third-order valence-electron chi connectivity index (χ3n) is 9.68. The molecule has 2 saturated heterocycles. The average molecular weight is 657 g/mol. The Kier molecular flexibility index (Phi) is 10.8. The predicted molar refractivity (Wildman–Crippen MR) is 176 cm³/mol. The summed E-state index contributed by atoms with van der Waals surface area (Å²) in [5.41, 5.74) is 0.589. The highest BCUT2D eigenvalue weighted by atomic mass is 32.2. The van der Waals surface area contributed by atoms with E-state index in [4.69, 9.17) is 9.47 Å². The molecular weight excluding hydrogens is 608 g/mol. The Morgan fingerprint density at radius 3 is 2.37 bits per heavy atom. The number of nitrogens with zero attached hydrogens (tertiary/aromatic N) is 2. The van der Waals surface area contributed by atoms with Gasteiger partial charge in [-0.15, -0.1) is 0 Å². The summed E-state index contributed by atoms with van der Waals surface area (Å²) in [6.45, 7) is 4.64. The Morgan fingerprint density at radius 1 is 1.04 bits per heavy atom. The molecule has 3 fully saturated rings. The molecule has 46 heavy (non-hydrogen) atoms. The zero-order valence-electron chi connectivity index (χ0n) is 27.2. The minimum absolute atomic E-state index is 0.0514. The fraction of sp³-hybridized carbons (Fsp3) is 0.588. The summed E-state index contributed by atoms with van der Waals surface area (Å²) in [5.74, 6) is 1.26. The highest BCUT2D eigenvalue weighted by Gasteiger charge is 2.55. The summed E-state index contributed by atoms with van der Waals surface area (Å²) in [7, 11) is -1.92. The second-order valence-corrected chi connectivity index (χ2v) is 14.7. The fourth-order valence-corrected chi connectivity index (χ4v) is 7.67. The van der Waals surface area contributed by atoms with Crippen LogP contribution in [0.25, 0.3) is 0 Å². The average Bonchev–Trinajstić information content (AvgIpc) is 3.04. The molecule has 1 spiro atoms. The van der Waals surface area contributed by atoms with Crippen LogP contribution in [-0.4, -0.2) is 85.8 Å². The van der Waals surface area contributed by atoms with E-state index in [-0.39, 0.29) is 17.7 Å². The summed E-state index contributed by atoms with van der Waals surface area (Å²) >= 11 is 0. The van der Waals surface area contributed by atoms with Crippen molar-refractivity contribution < 1.29 is 32.6 Å². The van der Waals surface area contributed by atoms with Crippen molar-refractivity contribution in [2.24, 2.45) is 5.92 Å². The van der Waals surface area contributed by atoms with Crippen molar-refractivity contribution in [1.82, 2.24) is 15.1 Å². The number of piperidine rings is 1. The molecule has 1 unspecified atom stereocenters. The van der Waals surface area contributed by atoms with Crippen LogP contribution in [0.15, 0.2) is 42.5 Å². The van der Waals surface area contributed by atoms with Crippen LogP contribution >= 0.6 is 0 Å². The summed E-state index contributed by atoms with van der Waals surface area (Å²) < 4.78 is 37.0. The number of hydrogen-bond acceptors (Lipinski definition) is 8. The van der Waals surface area contributed by atoms with E-state index in [0.29, 0.717) is 62.0 Å². The number of aliphatic hydroxyl groups excluding tert-OH is 1. The largest absolute Gasteiger partial charge is 0.493 e.